The first-order chi connectivity index (χ1) is 7.58. The van der Waals surface area contributed by atoms with E-state index in [9.17, 15) is 0 Å². The van der Waals surface area contributed by atoms with Crippen molar-refractivity contribution in [1.82, 2.24) is 21.3 Å². The van der Waals surface area contributed by atoms with E-state index in [1.807, 2.05) is 0 Å². The summed E-state index contributed by atoms with van der Waals surface area (Å²) in [5.41, 5.74) is 0. The van der Waals surface area contributed by atoms with E-state index in [1.165, 1.54) is 0 Å². The zero-order valence-electron chi connectivity index (χ0n) is 11.1. The lowest BCUT2D eigenvalue weighted by Crippen LogP contribution is -2.52. The highest BCUT2D eigenvalue weighted by atomic mass is 15.1. The molecule has 104 valence electrons. The van der Waals surface area contributed by atoms with Crippen molar-refractivity contribution in [2.45, 2.75) is 59.3 Å². The Morgan fingerprint density at radius 3 is 0.941 bits per heavy atom. The third-order valence-electron chi connectivity index (χ3n) is 2.94. The fraction of sp³-hybridized carbons (Fsp3) is 1.00. The van der Waals surface area contributed by atoms with Crippen molar-refractivity contribution in [3.63, 3.8) is 0 Å². The van der Waals surface area contributed by atoms with Gasteiger partial charge in [0.15, 0.2) is 0 Å². The van der Waals surface area contributed by atoms with Crippen LogP contribution in [0.15, 0.2) is 0 Å². The number of hydrogen-bond acceptors (Lipinski definition) is 4. The normalized spacial score (nSPS) is 37.4. The van der Waals surface area contributed by atoms with Crippen LogP contribution in [0.3, 0.4) is 0 Å². The van der Waals surface area contributed by atoms with E-state index < -0.39 is 0 Å². The number of piperazine rings is 2. The maximum atomic E-state index is 3.42. The molecule has 4 N–H and O–H groups in total. The standard InChI is InChI=1S/2C6H14N2.CH4/c2*1-5-3-7-4-6(2)8-5;/h2*5-8H,3-4H2,1-2H3;1H4. The SMILES string of the molecule is C.CC1CNCC(C)N1.CC1CNCC(C)N1. The zero-order chi connectivity index (χ0) is 12.0. The second kappa shape index (κ2) is 8.86. The van der Waals surface area contributed by atoms with Crippen molar-refractivity contribution in [2.24, 2.45) is 0 Å². The van der Waals surface area contributed by atoms with Gasteiger partial charge in [-0.1, -0.05) is 7.43 Å². The second-order valence-corrected chi connectivity index (χ2v) is 5.25. The highest BCUT2D eigenvalue weighted by Gasteiger charge is 2.11. The molecule has 0 aromatic rings. The Labute approximate surface area is 107 Å². The molecule has 4 heteroatoms. The molecule has 0 bridgehead atoms. The zero-order valence-corrected chi connectivity index (χ0v) is 11.1. The molecule has 2 aliphatic heterocycles. The van der Waals surface area contributed by atoms with Gasteiger partial charge in [0.25, 0.3) is 0 Å². The van der Waals surface area contributed by atoms with Crippen LogP contribution in [0.1, 0.15) is 35.1 Å². The number of nitrogens with one attached hydrogen (secondary N) is 4. The summed E-state index contributed by atoms with van der Waals surface area (Å²) in [6, 6.07) is 2.61. The topological polar surface area (TPSA) is 48.1 Å². The molecule has 2 aliphatic rings. The Hall–Kier alpha value is -0.160. The molecule has 0 saturated carbocycles. The van der Waals surface area contributed by atoms with Crippen LogP contribution < -0.4 is 21.3 Å². The van der Waals surface area contributed by atoms with Crippen molar-refractivity contribution in [1.29, 1.82) is 0 Å². The summed E-state index contributed by atoms with van der Waals surface area (Å²) in [6.07, 6.45) is 0. The van der Waals surface area contributed by atoms with Crippen LogP contribution in [0, 0.1) is 0 Å². The van der Waals surface area contributed by atoms with Gasteiger partial charge in [-0.25, -0.2) is 0 Å². The van der Waals surface area contributed by atoms with E-state index >= 15 is 0 Å². The lowest BCUT2D eigenvalue weighted by molar-refractivity contribution is 0.370. The van der Waals surface area contributed by atoms with Crippen molar-refractivity contribution < 1.29 is 0 Å². The molecule has 0 spiro atoms. The first-order valence-electron chi connectivity index (χ1n) is 6.51. The van der Waals surface area contributed by atoms with Crippen LogP contribution in [-0.4, -0.2) is 50.3 Å². The van der Waals surface area contributed by atoms with Crippen molar-refractivity contribution in [3.05, 3.63) is 0 Å². The summed E-state index contributed by atoms with van der Waals surface area (Å²) in [4.78, 5) is 0. The van der Waals surface area contributed by atoms with E-state index in [0.717, 1.165) is 26.2 Å². The third-order valence-corrected chi connectivity index (χ3v) is 2.94. The van der Waals surface area contributed by atoms with Crippen LogP contribution in [0.25, 0.3) is 0 Å². The minimum Gasteiger partial charge on any atom is -0.314 e. The van der Waals surface area contributed by atoms with Gasteiger partial charge in [-0.15, -0.1) is 0 Å². The van der Waals surface area contributed by atoms with Crippen LogP contribution in [0.2, 0.25) is 0 Å². The fourth-order valence-corrected chi connectivity index (χ4v) is 2.24. The molecule has 17 heavy (non-hydrogen) atoms. The molecule has 0 aromatic heterocycles. The van der Waals surface area contributed by atoms with Crippen LogP contribution in [-0.2, 0) is 0 Å². The van der Waals surface area contributed by atoms with E-state index in [1.54, 1.807) is 0 Å². The summed E-state index contributed by atoms with van der Waals surface area (Å²) in [5, 5.41) is 13.5. The first-order valence-corrected chi connectivity index (χ1v) is 6.51. The Bertz CT molecular complexity index is 150. The molecule has 2 heterocycles. The summed E-state index contributed by atoms with van der Waals surface area (Å²) >= 11 is 0. The van der Waals surface area contributed by atoms with Gasteiger partial charge in [-0.2, -0.15) is 0 Å². The summed E-state index contributed by atoms with van der Waals surface area (Å²) in [7, 11) is 0. The molecule has 0 amide bonds. The molecule has 4 atom stereocenters. The maximum absolute atomic E-state index is 3.42. The molecule has 4 nitrogen and oxygen atoms in total. The first kappa shape index (κ1) is 16.8. The monoisotopic (exact) mass is 244 g/mol. The molecule has 4 unspecified atom stereocenters. The van der Waals surface area contributed by atoms with Gasteiger partial charge in [-0.3, -0.25) is 0 Å². The van der Waals surface area contributed by atoms with Gasteiger partial charge in [0, 0.05) is 50.3 Å². The Balaban J connectivity index is 0.000000284. The molecular weight excluding hydrogens is 212 g/mol. The van der Waals surface area contributed by atoms with Gasteiger partial charge < -0.3 is 21.3 Å². The lowest BCUT2D eigenvalue weighted by Gasteiger charge is -2.26. The second-order valence-electron chi connectivity index (χ2n) is 5.25. The molecule has 2 fully saturated rings. The van der Waals surface area contributed by atoms with Crippen molar-refractivity contribution in [3.8, 4) is 0 Å². The van der Waals surface area contributed by atoms with Crippen molar-refractivity contribution >= 4 is 0 Å². The highest BCUT2D eigenvalue weighted by Crippen LogP contribution is 1.90. The van der Waals surface area contributed by atoms with Gasteiger partial charge >= 0.3 is 0 Å². The molecular formula is C13H32N4. The quantitative estimate of drug-likeness (QED) is 0.503. The predicted octanol–water partition coefficient (Wildman–Crippen LogP) is 0.549. The predicted molar refractivity (Wildman–Crippen MR) is 76.6 cm³/mol. The van der Waals surface area contributed by atoms with Crippen LogP contribution >= 0.6 is 0 Å². The minimum absolute atomic E-state index is 0. The van der Waals surface area contributed by atoms with E-state index in [0.29, 0.717) is 24.2 Å². The molecule has 0 aromatic carbocycles. The van der Waals surface area contributed by atoms with Gasteiger partial charge in [0.05, 0.1) is 0 Å². The van der Waals surface area contributed by atoms with Gasteiger partial charge in [0.2, 0.25) is 0 Å². The number of hydrogen-bond donors (Lipinski definition) is 4. The fourth-order valence-electron chi connectivity index (χ4n) is 2.24. The summed E-state index contributed by atoms with van der Waals surface area (Å²) in [5.74, 6) is 0. The van der Waals surface area contributed by atoms with Gasteiger partial charge in [-0.05, 0) is 27.7 Å². The highest BCUT2D eigenvalue weighted by molar-refractivity contribution is 4.77. The average Bonchev–Trinajstić information content (AvgIpc) is 2.17. The van der Waals surface area contributed by atoms with E-state index in [4.69, 9.17) is 0 Å². The molecule has 0 radical (unpaired) electrons. The van der Waals surface area contributed by atoms with Crippen LogP contribution in [0.5, 0.6) is 0 Å². The summed E-state index contributed by atoms with van der Waals surface area (Å²) in [6.45, 7) is 13.2. The minimum atomic E-state index is 0. The third kappa shape index (κ3) is 7.71. The average molecular weight is 244 g/mol. The Morgan fingerprint density at radius 1 is 0.588 bits per heavy atom. The van der Waals surface area contributed by atoms with Crippen molar-refractivity contribution in [2.75, 3.05) is 26.2 Å². The van der Waals surface area contributed by atoms with Crippen LogP contribution in [0.4, 0.5) is 0 Å². The van der Waals surface area contributed by atoms with Gasteiger partial charge in [0.1, 0.15) is 0 Å². The largest absolute Gasteiger partial charge is 0.314 e. The molecule has 2 rings (SSSR count). The lowest BCUT2D eigenvalue weighted by atomic mass is 10.2. The van der Waals surface area contributed by atoms with E-state index in [2.05, 4.69) is 49.0 Å². The number of rotatable bonds is 0. The van der Waals surface area contributed by atoms with E-state index in [-0.39, 0.29) is 7.43 Å². The Kier molecular flexibility index (Phi) is 8.78. The Morgan fingerprint density at radius 2 is 0.824 bits per heavy atom. The maximum Gasteiger partial charge on any atom is 0.0167 e. The molecule has 2 saturated heterocycles. The molecule has 0 aliphatic carbocycles. The summed E-state index contributed by atoms with van der Waals surface area (Å²) < 4.78 is 0. The smallest absolute Gasteiger partial charge is 0.0167 e.